The second kappa shape index (κ2) is 4.62. The molecule has 2 aliphatic carbocycles. The summed E-state index contributed by atoms with van der Waals surface area (Å²) in [6.07, 6.45) is 6.23. The van der Waals surface area contributed by atoms with Gasteiger partial charge in [-0.2, -0.15) is 0 Å². The average molecular weight is 228 g/mol. The summed E-state index contributed by atoms with van der Waals surface area (Å²) in [6.45, 7) is 5.28. The molecule has 4 nitrogen and oxygen atoms in total. The number of hydrogen-bond donors (Lipinski definition) is 2. The quantitative estimate of drug-likeness (QED) is 0.667. The fourth-order valence-corrected chi connectivity index (χ4v) is 2.25. The van der Waals surface area contributed by atoms with Crippen molar-refractivity contribution in [1.82, 2.24) is 0 Å². The lowest BCUT2D eigenvalue weighted by Crippen LogP contribution is -2.27. The van der Waals surface area contributed by atoms with E-state index in [1.54, 1.807) is 20.8 Å². The van der Waals surface area contributed by atoms with E-state index in [9.17, 15) is 4.79 Å². The van der Waals surface area contributed by atoms with E-state index in [1.807, 2.05) is 0 Å². The highest BCUT2D eigenvalue weighted by Crippen LogP contribution is 2.56. The van der Waals surface area contributed by atoms with Gasteiger partial charge >= 0.3 is 6.09 Å². The van der Waals surface area contributed by atoms with Crippen LogP contribution in [0.3, 0.4) is 0 Å². The second-order valence-corrected chi connectivity index (χ2v) is 5.89. The molecule has 2 rings (SSSR count). The highest BCUT2D eigenvalue weighted by Gasteiger charge is 2.49. The summed E-state index contributed by atoms with van der Waals surface area (Å²) in [5.74, 6) is 0. The molecule has 2 aliphatic rings. The van der Waals surface area contributed by atoms with Crippen LogP contribution in [0.2, 0.25) is 0 Å². The topological polar surface area (TPSA) is 78.3 Å². The third-order valence-corrected chi connectivity index (χ3v) is 3.28. The van der Waals surface area contributed by atoms with Gasteiger partial charge in [-0.15, -0.1) is 0 Å². The molecule has 16 heavy (non-hydrogen) atoms. The number of hydrogen-bond acceptors (Lipinski definition) is 3. The Morgan fingerprint density at radius 3 is 2.00 bits per heavy atom. The van der Waals surface area contributed by atoms with E-state index >= 15 is 0 Å². The summed E-state index contributed by atoms with van der Waals surface area (Å²) >= 11 is 0. The highest BCUT2D eigenvalue weighted by molar-refractivity contribution is 5.65. The van der Waals surface area contributed by atoms with Crippen LogP contribution in [0.1, 0.15) is 52.9 Å². The number of amides is 1. The first kappa shape index (κ1) is 13.3. The Labute approximate surface area is 97.7 Å². The predicted molar refractivity (Wildman–Crippen MR) is 63.9 cm³/mol. The van der Waals surface area contributed by atoms with Gasteiger partial charge in [0.1, 0.15) is 5.60 Å². The lowest BCUT2D eigenvalue weighted by atomic mass is 10.0. The third-order valence-electron chi connectivity index (χ3n) is 3.28. The van der Waals surface area contributed by atoms with Crippen molar-refractivity contribution in [3.8, 4) is 0 Å². The van der Waals surface area contributed by atoms with Gasteiger partial charge in [0.15, 0.2) is 0 Å². The molecule has 0 aliphatic heterocycles. The van der Waals surface area contributed by atoms with E-state index < -0.39 is 11.7 Å². The summed E-state index contributed by atoms with van der Waals surface area (Å²) in [5, 5.41) is 0. The molecular weight excluding hydrogens is 204 g/mol. The van der Waals surface area contributed by atoms with Gasteiger partial charge < -0.3 is 16.2 Å². The second-order valence-electron chi connectivity index (χ2n) is 5.89. The largest absolute Gasteiger partial charge is 0.444 e. The summed E-state index contributed by atoms with van der Waals surface area (Å²) in [7, 11) is 0. The zero-order valence-electron chi connectivity index (χ0n) is 10.6. The minimum atomic E-state index is -0.725. The first-order valence-corrected chi connectivity index (χ1v) is 5.99. The number of rotatable bonds is 0. The normalized spacial score (nSPS) is 25.9. The monoisotopic (exact) mass is 228 g/mol. The van der Waals surface area contributed by atoms with Crippen molar-refractivity contribution >= 4 is 6.09 Å². The van der Waals surface area contributed by atoms with Gasteiger partial charge in [-0.05, 0) is 51.9 Å². The fourth-order valence-electron chi connectivity index (χ4n) is 2.25. The van der Waals surface area contributed by atoms with Crippen LogP contribution in [-0.4, -0.2) is 17.7 Å². The van der Waals surface area contributed by atoms with Crippen molar-refractivity contribution in [2.24, 2.45) is 16.9 Å². The molecule has 2 saturated carbocycles. The van der Waals surface area contributed by atoms with Crippen LogP contribution in [0.4, 0.5) is 4.79 Å². The Bertz CT molecular complexity index is 254. The molecule has 0 saturated heterocycles. The molecule has 4 N–H and O–H groups in total. The number of carbonyl (C=O) groups is 1. The SMILES string of the molecule is CC(C)(C)OC(N)=O.NC1CCCC12CC2. The molecule has 1 spiro atoms. The molecule has 1 amide bonds. The van der Waals surface area contributed by atoms with E-state index in [2.05, 4.69) is 4.74 Å². The number of nitrogens with two attached hydrogens (primary N) is 2. The van der Waals surface area contributed by atoms with Gasteiger partial charge in [-0.25, -0.2) is 4.79 Å². The van der Waals surface area contributed by atoms with Gasteiger partial charge in [-0.1, -0.05) is 6.42 Å². The van der Waals surface area contributed by atoms with Crippen LogP contribution >= 0.6 is 0 Å². The Morgan fingerprint density at radius 1 is 1.31 bits per heavy atom. The smallest absolute Gasteiger partial charge is 0.405 e. The first-order valence-electron chi connectivity index (χ1n) is 5.99. The van der Waals surface area contributed by atoms with Crippen LogP contribution in [0, 0.1) is 5.41 Å². The van der Waals surface area contributed by atoms with Crippen LogP contribution in [-0.2, 0) is 4.74 Å². The number of ether oxygens (including phenoxy) is 1. The molecule has 0 aromatic carbocycles. The molecule has 0 bridgehead atoms. The van der Waals surface area contributed by atoms with Crippen LogP contribution in [0.25, 0.3) is 0 Å². The maximum atomic E-state index is 10.0. The molecule has 0 aromatic heterocycles. The number of primary amides is 1. The molecule has 0 heterocycles. The van der Waals surface area contributed by atoms with E-state index in [1.165, 1.54) is 32.1 Å². The standard InChI is InChI=1S/C7H13N.C5H11NO2/c8-6-2-1-3-7(6)4-5-7;1-5(2,3)8-4(6)7/h6H,1-5,8H2;1-3H3,(H2,6,7). The maximum absolute atomic E-state index is 10.0. The van der Waals surface area contributed by atoms with Gasteiger partial charge in [0, 0.05) is 6.04 Å². The minimum Gasteiger partial charge on any atom is -0.444 e. The summed E-state index contributed by atoms with van der Waals surface area (Å²) in [4.78, 5) is 10.0. The zero-order chi connectivity index (χ0) is 12.4. The fraction of sp³-hybridized carbons (Fsp3) is 0.917. The average Bonchev–Trinajstić information content (AvgIpc) is 2.72. The summed E-state index contributed by atoms with van der Waals surface area (Å²) < 4.78 is 4.58. The zero-order valence-corrected chi connectivity index (χ0v) is 10.6. The van der Waals surface area contributed by atoms with E-state index in [0.717, 1.165) is 0 Å². The Morgan fingerprint density at radius 2 is 1.88 bits per heavy atom. The Balaban J connectivity index is 0.000000160. The van der Waals surface area contributed by atoms with Gasteiger partial charge in [-0.3, -0.25) is 0 Å². The molecule has 1 atom stereocenters. The lowest BCUT2D eigenvalue weighted by Gasteiger charge is -2.16. The van der Waals surface area contributed by atoms with Crippen LogP contribution < -0.4 is 11.5 Å². The van der Waals surface area contributed by atoms with Gasteiger partial charge in [0.25, 0.3) is 0 Å². The third kappa shape index (κ3) is 4.00. The summed E-state index contributed by atoms with van der Waals surface area (Å²) in [6, 6.07) is 0.572. The van der Waals surface area contributed by atoms with E-state index in [-0.39, 0.29) is 0 Å². The minimum absolute atomic E-state index is 0.453. The highest BCUT2D eigenvalue weighted by atomic mass is 16.6. The van der Waals surface area contributed by atoms with Gasteiger partial charge in [0.05, 0.1) is 0 Å². The predicted octanol–water partition coefficient (Wildman–Crippen LogP) is 2.16. The van der Waals surface area contributed by atoms with Crippen LogP contribution in [0.15, 0.2) is 0 Å². The molecule has 94 valence electrons. The maximum Gasteiger partial charge on any atom is 0.405 e. The molecule has 4 heteroatoms. The number of carbonyl (C=O) groups excluding carboxylic acids is 1. The van der Waals surface area contributed by atoms with E-state index in [0.29, 0.717) is 11.5 Å². The van der Waals surface area contributed by atoms with Crippen molar-refractivity contribution < 1.29 is 9.53 Å². The lowest BCUT2D eigenvalue weighted by molar-refractivity contribution is 0.0600. The molecule has 0 aromatic rings. The molecule has 2 fully saturated rings. The Hall–Kier alpha value is -0.770. The summed E-state index contributed by atoms with van der Waals surface area (Å²) in [5.41, 5.74) is 10.8. The van der Waals surface area contributed by atoms with Crippen molar-refractivity contribution in [1.29, 1.82) is 0 Å². The molecule has 1 unspecified atom stereocenters. The van der Waals surface area contributed by atoms with Crippen molar-refractivity contribution in [2.45, 2.75) is 64.5 Å². The van der Waals surface area contributed by atoms with Crippen LogP contribution in [0.5, 0.6) is 0 Å². The Kier molecular flexibility index (Phi) is 3.84. The van der Waals surface area contributed by atoms with Crippen molar-refractivity contribution in [3.63, 3.8) is 0 Å². The van der Waals surface area contributed by atoms with Crippen molar-refractivity contribution in [2.75, 3.05) is 0 Å². The molecular formula is C12H24N2O2. The van der Waals surface area contributed by atoms with Gasteiger partial charge in [0.2, 0.25) is 0 Å². The van der Waals surface area contributed by atoms with E-state index in [4.69, 9.17) is 11.5 Å². The first-order chi connectivity index (χ1) is 7.25. The van der Waals surface area contributed by atoms with Crippen molar-refractivity contribution in [3.05, 3.63) is 0 Å². The molecule has 0 radical (unpaired) electrons.